The summed E-state index contributed by atoms with van der Waals surface area (Å²) in [6, 6.07) is 15.9. The molecule has 0 bridgehead atoms. The number of benzene rings is 2. The fourth-order valence-corrected chi connectivity index (χ4v) is 3.19. The van der Waals surface area contributed by atoms with E-state index in [-0.39, 0.29) is 5.75 Å². The SMILES string of the molecule is O=S(=O)(Cc1ccccc1)Nc1cccc(-n2cnnn2)c1. The van der Waals surface area contributed by atoms with Crippen molar-refractivity contribution in [3.8, 4) is 5.69 Å². The van der Waals surface area contributed by atoms with Crippen LogP contribution in [0.15, 0.2) is 60.9 Å². The third-order valence-electron chi connectivity index (χ3n) is 2.93. The van der Waals surface area contributed by atoms with Gasteiger partial charge in [-0.25, -0.2) is 13.1 Å². The number of hydrogen-bond acceptors (Lipinski definition) is 5. The second-order valence-corrected chi connectivity index (χ2v) is 6.37. The predicted octanol–water partition coefficient (Wildman–Crippen LogP) is 1.60. The van der Waals surface area contributed by atoms with Gasteiger partial charge in [-0.1, -0.05) is 36.4 Å². The molecule has 0 aliphatic rings. The molecule has 0 radical (unpaired) electrons. The molecule has 0 amide bonds. The number of nitrogens with zero attached hydrogens (tertiary/aromatic N) is 4. The summed E-state index contributed by atoms with van der Waals surface area (Å²) in [5, 5.41) is 10.9. The van der Waals surface area contributed by atoms with Gasteiger partial charge in [0, 0.05) is 0 Å². The van der Waals surface area contributed by atoms with Crippen LogP contribution in [-0.2, 0) is 15.8 Å². The molecule has 22 heavy (non-hydrogen) atoms. The van der Waals surface area contributed by atoms with Crippen LogP contribution >= 0.6 is 0 Å². The molecule has 8 heteroatoms. The molecule has 7 nitrogen and oxygen atoms in total. The van der Waals surface area contributed by atoms with E-state index in [9.17, 15) is 8.42 Å². The van der Waals surface area contributed by atoms with E-state index in [4.69, 9.17) is 0 Å². The van der Waals surface area contributed by atoms with Crippen LogP contribution in [0.5, 0.6) is 0 Å². The Labute approximate surface area is 127 Å². The minimum Gasteiger partial charge on any atom is -0.283 e. The Hall–Kier alpha value is -2.74. The van der Waals surface area contributed by atoms with Crippen molar-refractivity contribution in [3.63, 3.8) is 0 Å². The van der Waals surface area contributed by atoms with Crippen molar-refractivity contribution in [1.29, 1.82) is 0 Å². The maximum atomic E-state index is 12.2. The van der Waals surface area contributed by atoms with Gasteiger partial charge in [-0.2, -0.15) is 0 Å². The first-order valence-electron chi connectivity index (χ1n) is 6.50. The molecule has 1 N–H and O–H groups in total. The quantitative estimate of drug-likeness (QED) is 0.772. The molecule has 0 fully saturated rings. The Morgan fingerprint density at radius 1 is 1.05 bits per heavy atom. The zero-order valence-corrected chi connectivity index (χ0v) is 12.3. The highest BCUT2D eigenvalue weighted by molar-refractivity contribution is 7.91. The third-order valence-corrected chi connectivity index (χ3v) is 4.19. The van der Waals surface area contributed by atoms with Gasteiger partial charge in [0.25, 0.3) is 0 Å². The van der Waals surface area contributed by atoms with Gasteiger partial charge in [0.1, 0.15) is 6.33 Å². The molecule has 1 heterocycles. The molecule has 0 saturated carbocycles. The number of rotatable bonds is 5. The molecule has 3 aromatic rings. The van der Waals surface area contributed by atoms with Crippen LogP contribution < -0.4 is 4.72 Å². The average molecular weight is 315 g/mol. The van der Waals surface area contributed by atoms with Gasteiger partial charge >= 0.3 is 0 Å². The number of anilines is 1. The smallest absolute Gasteiger partial charge is 0.236 e. The second-order valence-electron chi connectivity index (χ2n) is 4.65. The fraction of sp³-hybridized carbons (Fsp3) is 0.0714. The number of nitrogens with one attached hydrogen (secondary N) is 1. The van der Waals surface area contributed by atoms with Gasteiger partial charge in [-0.05, 0) is 34.2 Å². The highest BCUT2D eigenvalue weighted by Gasteiger charge is 2.12. The van der Waals surface area contributed by atoms with Gasteiger partial charge in [-0.15, -0.1) is 5.10 Å². The van der Waals surface area contributed by atoms with Crippen molar-refractivity contribution in [3.05, 3.63) is 66.5 Å². The molecule has 0 aliphatic carbocycles. The van der Waals surface area contributed by atoms with Crippen LogP contribution in [-0.4, -0.2) is 28.6 Å². The summed E-state index contributed by atoms with van der Waals surface area (Å²) >= 11 is 0. The summed E-state index contributed by atoms with van der Waals surface area (Å²) in [7, 11) is -3.48. The van der Waals surface area contributed by atoms with Crippen molar-refractivity contribution in [2.75, 3.05) is 4.72 Å². The number of aromatic nitrogens is 4. The molecule has 0 unspecified atom stereocenters. The van der Waals surface area contributed by atoms with Gasteiger partial charge in [0.05, 0.1) is 17.1 Å². The van der Waals surface area contributed by atoms with Crippen molar-refractivity contribution < 1.29 is 8.42 Å². The summed E-state index contributed by atoms with van der Waals surface area (Å²) < 4.78 is 28.4. The molecule has 1 aromatic heterocycles. The topological polar surface area (TPSA) is 89.8 Å². The van der Waals surface area contributed by atoms with Crippen molar-refractivity contribution in [2.24, 2.45) is 0 Å². The monoisotopic (exact) mass is 315 g/mol. The molecular formula is C14H13N5O2S. The van der Waals surface area contributed by atoms with Gasteiger partial charge in [-0.3, -0.25) is 4.72 Å². The van der Waals surface area contributed by atoms with E-state index in [1.54, 1.807) is 36.4 Å². The highest BCUT2D eigenvalue weighted by Crippen LogP contribution is 2.16. The van der Waals surface area contributed by atoms with E-state index < -0.39 is 10.0 Å². The van der Waals surface area contributed by atoms with Crippen molar-refractivity contribution in [2.45, 2.75) is 5.75 Å². The lowest BCUT2D eigenvalue weighted by Gasteiger charge is -2.09. The number of sulfonamides is 1. The minimum absolute atomic E-state index is 0.0804. The van der Waals surface area contributed by atoms with Crippen LogP contribution in [0.2, 0.25) is 0 Å². The summed E-state index contributed by atoms with van der Waals surface area (Å²) in [6.45, 7) is 0. The summed E-state index contributed by atoms with van der Waals surface area (Å²) in [5.41, 5.74) is 1.86. The van der Waals surface area contributed by atoms with E-state index in [0.29, 0.717) is 11.4 Å². The first kappa shape index (κ1) is 14.2. The van der Waals surface area contributed by atoms with E-state index in [1.165, 1.54) is 11.0 Å². The van der Waals surface area contributed by atoms with E-state index >= 15 is 0 Å². The molecule has 0 spiro atoms. The Morgan fingerprint density at radius 3 is 2.59 bits per heavy atom. The Bertz CT molecular complexity index is 848. The summed E-state index contributed by atoms with van der Waals surface area (Å²) in [4.78, 5) is 0. The van der Waals surface area contributed by atoms with Gasteiger partial charge < -0.3 is 0 Å². The molecule has 0 saturated heterocycles. The molecule has 0 atom stereocenters. The second kappa shape index (κ2) is 5.94. The first-order chi connectivity index (χ1) is 10.6. The zero-order valence-electron chi connectivity index (χ0n) is 11.5. The first-order valence-corrected chi connectivity index (χ1v) is 8.15. The van der Waals surface area contributed by atoms with Crippen LogP contribution in [0.25, 0.3) is 5.69 Å². The number of hydrogen-bond donors (Lipinski definition) is 1. The van der Waals surface area contributed by atoms with Gasteiger partial charge in [0.15, 0.2) is 0 Å². The van der Waals surface area contributed by atoms with Crippen LogP contribution in [0.3, 0.4) is 0 Å². The normalized spacial score (nSPS) is 11.3. The lowest BCUT2D eigenvalue weighted by atomic mass is 10.2. The van der Waals surface area contributed by atoms with Crippen molar-refractivity contribution >= 4 is 15.7 Å². The van der Waals surface area contributed by atoms with E-state index in [2.05, 4.69) is 20.2 Å². The van der Waals surface area contributed by atoms with E-state index in [1.807, 2.05) is 18.2 Å². The largest absolute Gasteiger partial charge is 0.283 e. The fourth-order valence-electron chi connectivity index (χ4n) is 2.00. The predicted molar refractivity (Wildman–Crippen MR) is 81.8 cm³/mol. The lowest BCUT2D eigenvalue weighted by Crippen LogP contribution is -2.15. The molecule has 0 aliphatic heterocycles. The molecular weight excluding hydrogens is 302 g/mol. The summed E-state index contributed by atoms with van der Waals surface area (Å²) in [6.07, 6.45) is 1.44. The Balaban J connectivity index is 1.79. The van der Waals surface area contributed by atoms with Gasteiger partial charge in [0.2, 0.25) is 10.0 Å². The Kier molecular flexibility index (Phi) is 3.84. The Morgan fingerprint density at radius 2 is 1.86 bits per heavy atom. The maximum absolute atomic E-state index is 12.2. The average Bonchev–Trinajstić information content (AvgIpc) is 3.02. The highest BCUT2D eigenvalue weighted by atomic mass is 32.2. The summed E-state index contributed by atoms with van der Waals surface area (Å²) in [5.74, 6) is -0.0804. The third kappa shape index (κ3) is 3.47. The van der Waals surface area contributed by atoms with Crippen LogP contribution in [0.1, 0.15) is 5.56 Å². The van der Waals surface area contributed by atoms with E-state index in [0.717, 1.165) is 5.56 Å². The maximum Gasteiger partial charge on any atom is 0.236 e. The van der Waals surface area contributed by atoms with Crippen LogP contribution in [0.4, 0.5) is 5.69 Å². The molecule has 2 aromatic carbocycles. The number of tetrazole rings is 1. The van der Waals surface area contributed by atoms with Crippen molar-refractivity contribution in [1.82, 2.24) is 20.2 Å². The van der Waals surface area contributed by atoms with Crippen LogP contribution in [0, 0.1) is 0 Å². The zero-order chi connectivity index (χ0) is 15.4. The molecule has 3 rings (SSSR count). The molecule has 112 valence electrons. The lowest BCUT2D eigenvalue weighted by molar-refractivity contribution is 0.600. The minimum atomic E-state index is -3.48. The standard InChI is InChI=1S/C14H13N5O2S/c20-22(21,10-12-5-2-1-3-6-12)16-13-7-4-8-14(9-13)19-11-15-17-18-19/h1-9,11,16H,10H2.